The summed E-state index contributed by atoms with van der Waals surface area (Å²) in [6.07, 6.45) is 2.89. The van der Waals surface area contributed by atoms with Gasteiger partial charge in [-0.1, -0.05) is 6.92 Å². The first-order valence-electron chi connectivity index (χ1n) is 5.60. The molecule has 0 saturated carbocycles. The van der Waals surface area contributed by atoms with Crippen LogP contribution in [0.1, 0.15) is 24.9 Å². The van der Waals surface area contributed by atoms with Crippen molar-refractivity contribution in [1.82, 2.24) is 9.78 Å². The normalized spacial score (nSPS) is 10.6. The van der Waals surface area contributed by atoms with Crippen LogP contribution in [0, 0.1) is 6.92 Å². The molecule has 0 atom stereocenters. The van der Waals surface area contributed by atoms with E-state index in [1.165, 1.54) is 0 Å². The molecule has 0 fully saturated rings. The van der Waals surface area contributed by atoms with Gasteiger partial charge in [-0.25, -0.2) is 4.68 Å². The molecule has 16 heavy (non-hydrogen) atoms. The van der Waals surface area contributed by atoms with Gasteiger partial charge in [0.1, 0.15) is 17.3 Å². The lowest BCUT2D eigenvalue weighted by atomic mass is 10.4. The van der Waals surface area contributed by atoms with Crippen molar-refractivity contribution in [2.75, 3.05) is 5.32 Å². The van der Waals surface area contributed by atoms with Gasteiger partial charge in [0.25, 0.3) is 0 Å². The first-order valence-corrected chi connectivity index (χ1v) is 5.60. The van der Waals surface area contributed by atoms with Crippen LogP contribution in [0.2, 0.25) is 0 Å². The number of anilines is 1. The SMILES string of the molecule is CCCn1nccc1NCc1ccc(C)o1. The van der Waals surface area contributed by atoms with Crippen LogP contribution in [0.5, 0.6) is 0 Å². The average molecular weight is 219 g/mol. The summed E-state index contributed by atoms with van der Waals surface area (Å²) in [5.41, 5.74) is 0. The molecular weight excluding hydrogens is 202 g/mol. The van der Waals surface area contributed by atoms with E-state index in [2.05, 4.69) is 17.3 Å². The van der Waals surface area contributed by atoms with E-state index in [1.54, 1.807) is 0 Å². The van der Waals surface area contributed by atoms with Crippen molar-refractivity contribution in [3.05, 3.63) is 35.9 Å². The zero-order valence-electron chi connectivity index (χ0n) is 9.73. The van der Waals surface area contributed by atoms with E-state index >= 15 is 0 Å². The molecule has 0 amide bonds. The molecule has 0 unspecified atom stereocenters. The maximum Gasteiger partial charge on any atom is 0.124 e. The molecule has 0 spiro atoms. The Labute approximate surface area is 95.3 Å². The maximum absolute atomic E-state index is 5.49. The Hall–Kier alpha value is -1.71. The van der Waals surface area contributed by atoms with E-state index in [9.17, 15) is 0 Å². The lowest BCUT2D eigenvalue weighted by molar-refractivity contribution is 0.489. The molecule has 86 valence electrons. The standard InChI is InChI=1S/C12H17N3O/c1-3-8-15-12(6-7-14-15)13-9-11-5-4-10(2)16-11/h4-7,13H,3,8-9H2,1-2H3. The molecule has 2 heterocycles. The van der Waals surface area contributed by atoms with Gasteiger partial charge in [-0.2, -0.15) is 5.10 Å². The average Bonchev–Trinajstić information content (AvgIpc) is 2.85. The molecule has 2 aromatic rings. The van der Waals surface area contributed by atoms with Crippen molar-refractivity contribution >= 4 is 5.82 Å². The van der Waals surface area contributed by atoms with Crippen LogP contribution in [0.3, 0.4) is 0 Å². The summed E-state index contributed by atoms with van der Waals surface area (Å²) in [5.74, 6) is 2.93. The highest BCUT2D eigenvalue weighted by Gasteiger charge is 2.02. The fourth-order valence-corrected chi connectivity index (χ4v) is 1.63. The molecule has 0 saturated heterocycles. The lowest BCUT2D eigenvalue weighted by Crippen LogP contribution is -2.07. The minimum absolute atomic E-state index is 0.698. The van der Waals surface area contributed by atoms with Crippen LogP contribution in [0.25, 0.3) is 0 Å². The van der Waals surface area contributed by atoms with Gasteiger partial charge < -0.3 is 9.73 Å². The maximum atomic E-state index is 5.49. The zero-order valence-corrected chi connectivity index (χ0v) is 9.73. The zero-order chi connectivity index (χ0) is 11.4. The second-order valence-electron chi connectivity index (χ2n) is 3.81. The number of hydrogen-bond acceptors (Lipinski definition) is 3. The summed E-state index contributed by atoms with van der Waals surface area (Å²) in [6, 6.07) is 5.94. The molecule has 2 aromatic heterocycles. The van der Waals surface area contributed by atoms with Crippen LogP contribution < -0.4 is 5.32 Å². The molecule has 0 aromatic carbocycles. The highest BCUT2D eigenvalue weighted by Crippen LogP contribution is 2.11. The molecule has 0 aliphatic rings. The molecule has 0 bridgehead atoms. The third kappa shape index (κ3) is 2.45. The molecule has 2 rings (SSSR count). The van der Waals surface area contributed by atoms with Gasteiger partial charge in [0, 0.05) is 12.6 Å². The van der Waals surface area contributed by atoms with E-state index in [-0.39, 0.29) is 0 Å². The van der Waals surface area contributed by atoms with Crippen molar-refractivity contribution in [2.24, 2.45) is 0 Å². The molecule has 1 N–H and O–H groups in total. The largest absolute Gasteiger partial charge is 0.465 e. The van der Waals surface area contributed by atoms with Crippen molar-refractivity contribution in [1.29, 1.82) is 0 Å². The molecule has 4 heteroatoms. The Kier molecular flexibility index (Phi) is 3.29. The van der Waals surface area contributed by atoms with Crippen LogP contribution >= 0.6 is 0 Å². The number of aryl methyl sites for hydroxylation is 2. The number of rotatable bonds is 5. The van der Waals surface area contributed by atoms with Gasteiger partial charge in [0.05, 0.1) is 12.7 Å². The van der Waals surface area contributed by atoms with Crippen molar-refractivity contribution in [2.45, 2.75) is 33.4 Å². The first kappa shape index (κ1) is 10.8. The summed E-state index contributed by atoms with van der Waals surface area (Å²) in [4.78, 5) is 0. The van der Waals surface area contributed by atoms with E-state index in [0.29, 0.717) is 6.54 Å². The van der Waals surface area contributed by atoms with E-state index < -0.39 is 0 Å². The number of nitrogens with one attached hydrogen (secondary N) is 1. The van der Waals surface area contributed by atoms with Crippen molar-refractivity contribution < 1.29 is 4.42 Å². The van der Waals surface area contributed by atoms with Gasteiger partial charge in [0.2, 0.25) is 0 Å². The van der Waals surface area contributed by atoms with Gasteiger partial charge >= 0.3 is 0 Å². The molecule has 0 aliphatic heterocycles. The fourth-order valence-electron chi connectivity index (χ4n) is 1.63. The summed E-state index contributed by atoms with van der Waals surface area (Å²) < 4.78 is 7.46. The molecule has 4 nitrogen and oxygen atoms in total. The predicted molar refractivity (Wildman–Crippen MR) is 63.3 cm³/mol. The minimum atomic E-state index is 0.698. The van der Waals surface area contributed by atoms with Gasteiger partial charge in [0.15, 0.2) is 0 Å². The third-order valence-corrected chi connectivity index (χ3v) is 2.39. The highest BCUT2D eigenvalue weighted by atomic mass is 16.3. The van der Waals surface area contributed by atoms with E-state index in [4.69, 9.17) is 4.42 Å². The monoisotopic (exact) mass is 219 g/mol. The van der Waals surface area contributed by atoms with E-state index in [1.807, 2.05) is 36.0 Å². The Morgan fingerprint density at radius 2 is 2.25 bits per heavy atom. The second-order valence-corrected chi connectivity index (χ2v) is 3.81. The molecule has 0 aliphatic carbocycles. The van der Waals surface area contributed by atoms with Crippen LogP contribution in [-0.4, -0.2) is 9.78 Å². The Morgan fingerprint density at radius 1 is 1.38 bits per heavy atom. The Balaban J connectivity index is 1.96. The van der Waals surface area contributed by atoms with Crippen LogP contribution in [-0.2, 0) is 13.1 Å². The quantitative estimate of drug-likeness (QED) is 0.840. The summed E-state index contributed by atoms with van der Waals surface area (Å²) >= 11 is 0. The Morgan fingerprint density at radius 3 is 2.94 bits per heavy atom. The van der Waals surface area contributed by atoms with Crippen LogP contribution in [0.15, 0.2) is 28.8 Å². The van der Waals surface area contributed by atoms with Gasteiger partial charge in [-0.3, -0.25) is 0 Å². The molecular formula is C12H17N3O. The first-order chi connectivity index (χ1) is 7.79. The summed E-state index contributed by atoms with van der Waals surface area (Å²) in [5, 5.41) is 7.56. The summed E-state index contributed by atoms with van der Waals surface area (Å²) in [7, 11) is 0. The van der Waals surface area contributed by atoms with Gasteiger partial charge in [-0.05, 0) is 25.5 Å². The highest BCUT2D eigenvalue weighted by molar-refractivity contribution is 5.34. The fraction of sp³-hybridized carbons (Fsp3) is 0.417. The topological polar surface area (TPSA) is 43.0 Å². The third-order valence-electron chi connectivity index (χ3n) is 2.39. The summed E-state index contributed by atoms with van der Waals surface area (Å²) in [6.45, 7) is 5.72. The smallest absolute Gasteiger partial charge is 0.124 e. The Bertz CT molecular complexity index is 445. The second kappa shape index (κ2) is 4.88. The van der Waals surface area contributed by atoms with E-state index in [0.717, 1.165) is 30.3 Å². The number of furan rings is 1. The van der Waals surface area contributed by atoms with Crippen molar-refractivity contribution in [3.63, 3.8) is 0 Å². The number of hydrogen-bond donors (Lipinski definition) is 1. The minimum Gasteiger partial charge on any atom is -0.465 e. The number of aromatic nitrogens is 2. The lowest BCUT2D eigenvalue weighted by Gasteiger charge is -2.07. The van der Waals surface area contributed by atoms with Gasteiger partial charge in [-0.15, -0.1) is 0 Å². The van der Waals surface area contributed by atoms with Crippen LogP contribution in [0.4, 0.5) is 5.82 Å². The van der Waals surface area contributed by atoms with Crippen molar-refractivity contribution in [3.8, 4) is 0 Å². The predicted octanol–water partition coefficient (Wildman–Crippen LogP) is 2.81. The number of nitrogens with zero attached hydrogens (tertiary/aromatic N) is 2. The molecule has 0 radical (unpaired) electrons.